The maximum atomic E-state index is 12.8. The van der Waals surface area contributed by atoms with Gasteiger partial charge < -0.3 is 0 Å². The van der Waals surface area contributed by atoms with E-state index in [1.165, 1.54) is 11.1 Å². The number of nitrogens with zero attached hydrogens (tertiary/aromatic N) is 2. The van der Waals surface area contributed by atoms with Crippen LogP contribution in [0.5, 0.6) is 0 Å². The summed E-state index contributed by atoms with van der Waals surface area (Å²) in [4.78, 5) is 17.6. The molecule has 0 bridgehead atoms. The number of fused-ring (bicyclic) bond motifs is 2. The average molecular weight is 337 g/mol. The maximum Gasteiger partial charge on any atom is 0.261 e. The minimum atomic E-state index is -0.00659. The molecule has 0 saturated heterocycles. The molecule has 120 valence electrons. The van der Waals surface area contributed by atoms with Gasteiger partial charge in [0.2, 0.25) is 0 Å². The smallest absolute Gasteiger partial charge is 0.261 e. The van der Waals surface area contributed by atoms with Crippen LogP contribution in [0.2, 0.25) is 5.02 Å². The molecule has 0 amide bonds. The van der Waals surface area contributed by atoms with Crippen molar-refractivity contribution >= 4 is 28.9 Å². The first-order valence-corrected chi connectivity index (χ1v) is 8.48. The molecule has 1 aromatic carbocycles. The molecule has 2 aromatic heterocycles. The summed E-state index contributed by atoms with van der Waals surface area (Å²) in [5.74, 6) is 0. The monoisotopic (exact) mass is 336 g/mol. The number of aryl methyl sites for hydroxylation is 1. The number of aromatic nitrogens is 2. The second-order valence-electron chi connectivity index (χ2n) is 6.20. The van der Waals surface area contributed by atoms with Crippen molar-refractivity contribution in [2.24, 2.45) is 0 Å². The molecular formula is C20H17ClN2O. The van der Waals surface area contributed by atoms with Crippen molar-refractivity contribution in [1.82, 2.24) is 9.38 Å². The highest BCUT2D eigenvalue weighted by Gasteiger charge is 2.20. The third kappa shape index (κ3) is 2.55. The lowest BCUT2D eigenvalue weighted by atomic mass is 9.90. The van der Waals surface area contributed by atoms with Crippen molar-refractivity contribution in [1.29, 1.82) is 0 Å². The Kier molecular flexibility index (Phi) is 3.73. The number of halogens is 1. The Morgan fingerprint density at radius 1 is 1.17 bits per heavy atom. The SMILES string of the molecule is Cc1ccccc1/C=C1/CCCc2c1nc1ccc(Cl)cn1c2=O. The fourth-order valence-electron chi connectivity index (χ4n) is 3.29. The van der Waals surface area contributed by atoms with Crippen molar-refractivity contribution in [2.45, 2.75) is 26.2 Å². The number of pyridine rings is 1. The van der Waals surface area contributed by atoms with Crippen molar-refractivity contribution in [2.75, 3.05) is 0 Å². The largest absolute Gasteiger partial charge is 0.269 e. The number of hydrogen-bond acceptors (Lipinski definition) is 2. The molecule has 0 spiro atoms. The molecule has 1 aliphatic rings. The van der Waals surface area contributed by atoms with E-state index in [9.17, 15) is 4.79 Å². The van der Waals surface area contributed by atoms with Crippen LogP contribution in [0.25, 0.3) is 17.3 Å². The lowest BCUT2D eigenvalue weighted by Crippen LogP contribution is -2.24. The zero-order valence-corrected chi connectivity index (χ0v) is 14.2. The molecule has 3 nitrogen and oxygen atoms in total. The number of hydrogen-bond donors (Lipinski definition) is 0. The molecule has 4 rings (SSSR count). The molecule has 3 aromatic rings. The quantitative estimate of drug-likeness (QED) is 0.654. The van der Waals surface area contributed by atoms with Gasteiger partial charge in [-0.25, -0.2) is 4.98 Å². The highest BCUT2D eigenvalue weighted by molar-refractivity contribution is 6.30. The van der Waals surface area contributed by atoms with Gasteiger partial charge in [0.1, 0.15) is 5.65 Å². The van der Waals surface area contributed by atoms with Gasteiger partial charge in [0.25, 0.3) is 5.56 Å². The van der Waals surface area contributed by atoms with Crippen LogP contribution >= 0.6 is 11.6 Å². The zero-order valence-electron chi connectivity index (χ0n) is 13.4. The van der Waals surface area contributed by atoms with E-state index in [0.717, 1.165) is 36.1 Å². The van der Waals surface area contributed by atoms with Gasteiger partial charge in [-0.2, -0.15) is 0 Å². The van der Waals surface area contributed by atoms with Crippen LogP contribution in [0.3, 0.4) is 0 Å². The third-order valence-corrected chi connectivity index (χ3v) is 4.80. The average Bonchev–Trinajstić information content (AvgIpc) is 2.58. The summed E-state index contributed by atoms with van der Waals surface area (Å²) in [7, 11) is 0. The van der Waals surface area contributed by atoms with Crippen molar-refractivity contribution in [3.8, 4) is 0 Å². The first kappa shape index (κ1) is 15.2. The number of benzene rings is 1. The summed E-state index contributed by atoms with van der Waals surface area (Å²) >= 11 is 6.03. The molecule has 0 N–H and O–H groups in total. The summed E-state index contributed by atoms with van der Waals surface area (Å²) in [5, 5.41) is 0.540. The molecule has 0 radical (unpaired) electrons. The van der Waals surface area contributed by atoms with E-state index in [-0.39, 0.29) is 5.56 Å². The third-order valence-electron chi connectivity index (χ3n) is 4.58. The second-order valence-corrected chi connectivity index (χ2v) is 6.64. The van der Waals surface area contributed by atoms with E-state index in [1.807, 2.05) is 12.1 Å². The Balaban J connectivity index is 1.95. The molecule has 0 unspecified atom stereocenters. The van der Waals surface area contributed by atoms with Gasteiger partial charge in [0.15, 0.2) is 0 Å². The van der Waals surface area contributed by atoms with Gasteiger partial charge in [-0.1, -0.05) is 35.9 Å². The summed E-state index contributed by atoms with van der Waals surface area (Å²) in [6, 6.07) is 11.8. The van der Waals surface area contributed by atoms with Gasteiger partial charge in [-0.15, -0.1) is 0 Å². The minimum absolute atomic E-state index is 0.00659. The van der Waals surface area contributed by atoms with E-state index in [1.54, 1.807) is 22.7 Å². The van der Waals surface area contributed by atoms with E-state index >= 15 is 0 Å². The van der Waals surface area contributed by atoms with Crippen molar-refractivity contribution in [3.05, 3.63) is 80.4 Å². The van der Waals surface area contributed by atoms with Crippen LogP contribution in [0.15, 0.2) is 47.4 Å². The fourth-order valence-corrected chi connectivity index (χ4v) is 3.45. The fraction of sp³-hybridized carbons (Fsp3) is 0.200. The zero-order chi connectivity index (χ0) is 16.7. The van der Waals surface area contributed by atoms with Gasteiger partial charge >= 0.3 is 0 Å². The van der Waals surface area contributed by atoms with Crippen molar-refractivity contribution in [3.63, 3.8) is 0 Å². The Bertz CT molecular complexity index is 1030. The van der Waals surface area contributed by atoms with Gasteiger partial charge in [-0.05, 0) is 61.1 Å². The highest BCUT2D eigenvalue weighted by atomic mass is 35.5. The van der Waals surface area contributed by atoms with Crippen LogP contribution < -0.4 is 5.56 Å². The molecule has 0 saturated carbocycles. The summed E-state index contributed by atoms with van der Waals surface area (Å²) in [5.41, 5.74) is 5.81. The Morgan fingerprint density at radius 2 is 2.00 bits per heavy atom. The number of rotatable bonds is 1. The topological polar surface area (TPSA) is 34.4 Å². The van der Waals surface area contributed by atoms with Crippen LogP contribution in [0, 0.1) is 6.92 Å². The maximum absolute atomic E-state index is 12.8. The van der Waals surface area contributed by atoms with Gasteiger partial charge in [0, 0.05) is 11.8 Å². The predicted molar refractivity (Wildman–Crippen MR) is 98.5 cm³/mol. The molecule has 4 heteroatoms. The molecule has 0 aliphatic heterocycles. The van der Waals surface area contributed by atoms with E-state index < -0.39 is 0 Å². The first-order valence-electron chi connectivity index (χ1n) is 8.11. The van der Waals surface area contributed by atoms with E-state index in [2.05, 4.69) is 25.1 Å². The molecule has 24 heavy (non-hydrogen) atoms. The minimum Gasteiger partial charge on any atom is -0.269 e. The Morgan fingerprint density at radius 3 is 2.83 bits per heavy atom. The van der Waals surface area contributed by atoms with Crippen LogP contribution in [-0.2, 0) is 6.42 Å². The lowest BCUT2D eigenvalue weighted by molar-refractivity contribution is 0.787. The molecule has 0 fully saturated rings. The van der Waals surface area contributed by atoms with Crippen LogP contribution in [-0.4, -0.2) is 9.38 Å². The van der Waals surface area contributed by atoms with Crippen LogP contribution in [0.4, 0.5) is 0 Å². The molecule has 0 atom stereocenters. The van der Waals surface area contributed by atoms with Crippen molar-refractivity contribution < 1.29 is 0 Å². The van der Waals surface area contributed by atoms with Gasteiger partial charge in [-0.3, -0.25) is 9.20 Å². The molecule has 1 aliphatic carbocycles. The standard InChI is InChI=1S/C20H17ClN2O/c1-13-5-2-3-6-14(13)11-15-7-4-8-17-19(15)22-18-10-9-16(21)12-23(18)20(17)24/h2-3,5-6,9-12H,4,7-8H2,1H3/b15-11-. The Labute approximate surface area is 145 Å². The molecule has 2 heterocycles. The lowest BCUT2D eigenvalue weighted by Gasteiger charge is -2.19. The van der Waals surface area contributed by atoms with E-state index in [0.29, 0.717) is 10.7 Å². The summed E-state index contributed by atoms with van der Waals surface area (Å²) in [6.07, 6.45) is 6.49. The first-order chi connectivity index (χ1) is 11.6. The highest BCUT2D eigenvalue weighted by Crippen LogP contribution is 2.30. The Hall–Kier alpha value is -2.39. The second kappa shape index (κ2) is 5.91. The molecular weight excluding hydrogens is 320 g/mol. The number of allylic oxidation sites excluding steroid dienone is 1. The summed E-state index contributed by atoms with van der Waals surface area (Å²) < 4.78 is 1.55. The summed E-state index contributed by atoms with van der Waals surface area (Å²) in [6.45, 7) is 2.10. The van der Waals surface area contributed by atoms with E-state index in [4.69, 9.17) is 16.6 Å². The van der Waals surface area contributed by atoms with Crippen LogP contribution in [0.1, 0.15) is 35.2 Å². The van der Waals surface area contributed by atoms with Gasteiger partial charge in [0.05, 0.1) is 10.7 Å². The normalized spacial score (nSPS) is 15.7. The predicted octanol–water partition coefficient (Wildman–Crippen LogP) is 4.53.